The summed E-state index contributed by atoms with van der Waals surface area (Å²) in [5, 5.41) is 2.06. The van der Waals surface area contributed by atoms with Crippen LogP contribution in [0.25, 0.3) is 22.4 Å². The minimum absolute atomic E-state index is 0.341. The summed E-state index contributed by atoms with van der Waals surface area (Å²) in [6, 6.07) is 20.4. The van der Waals surface area contributed by atoms with E-state index in [4.69, 9.17) is 0 Å². The third-order valence-electron chi connectivity index (χ3n) is 6.06. The molecule has 3 aromatic rings. The van der Waals surface area contributed by atoms with Crippen molar-refractivity contribution in [3.63, 3.8) is 0 Å². The molecule has 2 aliphatic carbocycles. The predicted molar refractivity (Wildman–Crippen MR) is 124 cm³/mol. The quantitative estimate of drug-likeness (QED) is 0.532. The van der Waals surface area contributed by atoms with Crippen molar-refractivity contribution in [2.24, 2.45) is 5.92 Å². The van der Waals surface area contributed by atoms with Gasteiger partial charge in [0.2, 0.25) is 0 Å². The average Bonchev–Trinajstić information content (AvgIpc) is 2.78. The summed E-state index contributed by atoms with van der Waals surface area (Å²) < 4.78 is 25.0. The van der Waals surface area contributed by atoms with Crippen LogP contribution in [0, 0.1) is 5.92 Å². The highest BCUT2D eigenvalue weighted by Gasteiger charge is 2.27. The second kappa shape index (κ2) is 8.05. The van der Waals surface area contributed by atoms with E-state index in [-0.39, 0.29) is 0 Å². The van der Waals surface area contributed by atoms with Crippen molar-refractivity contribution in [1.29, 1.82) is 0 Å². The zero-order chi connectivity index (χ0) is 20.5. The maximum atomic E-state index is 11.2. The summed E-state index contributed by atoms with van der Waals surface area (Å²) in [4.78, 5) is 0. The third-order valence-corrected chi connectivity index (χ3v) is 6.45. The largest absolute Gasteiger partial charge is 0.755 e. The van der Waals surface area contributed by atoms with Gasteiger partial charge in [-0.1, -0.05) is 84.5 Å². The van der Waals surface area contributed by atoms with Gasteiger partial charge in [-0.05, 0) is 53.0 Å². The van der Waals surface area contributed by atoms with Crippen molar-refractivity contribution in [3.8, 4) is 0 Å². The fraction of sp³-hybridized carbons (Fsp3) is 0.154. The molecule has 2 unspecified atom stereocenters. The molecule has 4 heteroatoms. The smallest absolute Gasteiger partial charge is 0.0530 e. The predicted octanol–water partition coefficient (Wildman–Crippen LogP) is 6.04. The number of hydrogen-bond donors (Lipinski definition) is 1. The molecule has 1 N–H and O–H groups in total. The second-order valence-electron chi connectivity index (χ2n) is 7.79. The Morgan fingerprint density at radius 2 is 1.87 bits per heavy atom. The molecule has 150 valence electrons. The molecule has 0 saturated heterocycles. The first-order chi connectivity index (χ1) is 14.7. The fourth-order valence-corrected chi connectivity index (χ4v) is 5.08. The molecule has 0 heterocycles. The van der Waals surface area contributed by atoms with Crippen molar-refractivity contribution in [3.05, 3.63) is 101 Å². The Hall–Kier alpha value is -2.95. The van der Waals surface area contributed by atoms with Gasteiger partial charge in [0.25, 0.3) is 0 Å². The standard InChI is InChI=1S/C26H23NO2S/c28-30(29)27-26-12-6-11-22-24(26)16-15-23-21-10-5-4-9-20(21)19(17-25(22)23)14-13-18-7-2-1-3-8-18/h1-3,5-8,10-16,19,27H,4,9,17H2,(H,28,29)/p-1. The maximum Gasteiger partial charge on any atom is 0.0530 e. The lowest BCUT2D eigenvalue weighted by Crippen LogP contribution is -2.16. The second-order valence-corrected chi connectivity index (χ2v) is 8.46. The Kier molecular flexibility index (Phi) is 5.11. The van der Waals surface area contributed by atoms with Gasteiger partial charge in [-0.25, -0.2) is 0 Å². The summed E-state index contributed by atoms with van der Waals surface area (Å²) in [5.41, 5.74) is 7.24. The lowest BCUT2D eigenvalue weighted by molar-refractivity contribution is 0.542. The lowest BCUT2D eigenvalue weighted by Gasteiger charge is -2.31. The molecule has 0 aromatic heterocycles. The van der Waals surface area contributed by atoms with Gasteiger partial charge < -0.3 is 9.27 Å². The summed E-state index contributed by atoms with van der Waals surface area (Å²) in [5.74, 6) is 0.341. The Bertz CT molecular complexity index is 1220. The van der Waals surface area contributed by atoms with Crippen LogP contribution in [0.5, 0.6) is 0 Å². The van der Waals surface area contributed by atoms with Crippen molar-refractivity contribution in [2.75, 3.05) is 4.72 Å². The highest BCUT2D eigenvalue weighted by Crippen LogP contribution is 2.44. The number of nitrogens with one attached hydrogen (secondary N) is 1. The summed E-state index contributed by atoms with van der Waals surface area (Å²) in [6.45, 7) is 0. The van der Waals surface area contributed by atoms with Gasteiger partial charge in [0.1, 0.15) is 0 Å². The molecular weight excluding hydrogens is 390 g/mol. The molecule has 0 amide bonds. The van der Waals surface area contributed by atoms with Crippen LogP contribution in [0.4, 0.5) is 5.69 Å². The van der Waals surface area contributed by atoms with E-state index < -0.39 is 11.3 Å². The highest BCUT2D eigenvalue weighted by molar-refractivity contribution is 7.80. The fourth-order valence-electron chi connectivity index (χ4n) is 4.72. The van der Waals surface area contributed by atoms with E-state index in [0.29, 0.717) is 11.6 Å². The topological polar surface area (TPSA) is 52.2 Å². The van der Waals surface area contributed by atoms with Crippen molar-refractivity contribution >= 4 is 39.4 Å². The monoisotopic (exact) mass is 412 g/mol. The molecule has 0 radical (unpaired) electrons. The van der Waals surface area contributed by atoms with E-state index in [2.05, 4.69) is 65.4 Å². The number of hydrogen-bond acceptors (Lipinski definition) is 2. The molecule has 0 fully saturated rings. The molecule has 0 spiro atoms. The van der Waals surface area contributed by atoms with Crippen LogP contribution in [0.15, 0.2) is 84.5 Å². The molecule has 30 heavy (non-hydrogen) atoms. The van der Waals surface area contributed by atoms with Crippen LogP contribution in [-0.2, 0) is 17.7 Å². The number of fused-ring (bicyclic) bond motifs is 4. The summed E-state index contributed by atoms with van der Waals surface area (Å²) in [7, 11) is 0. The Morgan fingerprint density at radius 1 is 1.00 bits per heavy atom. The SMILES string of the molecule is O=S([O-])Nc1cccc2c3c(ccc12)C1=C(CCC=C1)C(C=Cc1ccccc1)C3. The van der Waals surface area contributed by atoms with E-state index in [9.17, 15) is 8.76 Å². The molecule has 3 aromatic carbocycles. The van der Waals surface area contributed by atoms with Crippen molar-refractivity contribution in [2.45, 2.75) is 19.3 Å². The van der Waals surface area contributed by atoms with E-state index >= 15 is 0 Å². The lowest BCUT2D eigenvalue weighted by atomic mass is 9.73. The summed E-state index contributed by atoms with van der Waals surface area (Å²) in [6.07, 6.45) is 12.2. The van der Waals surface area contributed by atoms with Crippen LogP contribution in [0.2, 0.25) is 0 Å². The molecule has 5 rings (SSSR count). The molecule has 0 bridgehead atoms. The van der Waals surface area contributed by atoms with Crippen LogP contribution < -0.4 is 4.72 Å². The molecule has 3 nitrogen and oxygen atoms in total. The van der Waals surface area contributed by atoms with E-state index in [0.717, 1.165) is 30.0 Å². The molecule has 0 aliphatic heterocycles. The number of rotatable bonds is 4. The van der Waals surface area contributed by atoms with Crippen molar-refractivity contribution < 1.29 is 8.76 Å². The molecule has 2 aliphatic rings. The van der Waals surface area contributed by atoms with Crippen LogP contribution in [-0.4, -0.2) is 8.76 Å². The zero-order valence-corrected chi connectivity index (χ0v) is 17.3. The normalized spacial score (nSPS) is 19.0. The third kappa shape index (κ3) is 3.53. The first-order valence-electron chi connectivity index (χ1n) is 10.2. The summed E-state index contributed by atoms with van der Waals surface area (Å²) >= 11 is -2.34. The Labute approximate surface area is 179 Å². The number of anilines is 1. The average molecular weight is 413 g/mol. The van der Waals surface area contributed by atoms with Gasteiger partial charge in [-0.3, -0.25) is 4.21 Å². The van der Waals surface area contributed by atoms with Crippen LogP contribution in [0.1, 0.15) is 29.5 Å². The molecule has 2 atom stereocenters. The molecular formula is C26H22NO2S-. The first kappa shape index (κ1) is 19.0. The minimum Gasteiger partial charge on any atom is -0.755 e. The zero-order valence-electron chi connectivity index (χ0n) is 16.5. The van der Waals surface area contributed by atoms with E-state index in [1.54, 1.807) is 0 Å². The van der Waals surface area contributed by atoms with Gasteiger partial charge in [0, 0.05) is 22.6 Å². The van der Waals surface area contributed by atoms with Gasteiger partial charge in [0.15, 0.2) is 0 Å². The minimum atomic E-state index is -2.34. The highest BCUT2D eigenvalue weighted by atomic mass is 32.2. The number of benzene rings is 3. The van der Waals surface area contributed by atoms with E-state index in [1.807, 2.05) is 24.3 Å². The number of allylic oxidation sites excluding steroid dienone is 5. The maximum absolute atomic E-state index is 11.2. The van der Waals surface area contributed by atoms with Gasteiger partial charge >= 0.3 is 0 Å². The Balaban J connectivity index is 1.63. The van der Waals surface area contributed by atoms with E-state index in [1.165, 1.54) is 27.8 Å². The first-order valence-corrected chi connectivity index (χ1v) is 11.3. The molecule has 0 saturated carbocycles. The van der Waals surface area contributed by atoms with Crippen LogP contribution >= 0.6 is 0 Å². The van der Waals surface area contributed by atoms with Gasteiger partial charge in [-0.15, -0.1) is 0 Å². The Morgan fingerprint density at radius 3 is 2.70 bits per heavy atom. The van der Waals surface area contributed by atoms with Crippen LogP contribution in [0.3, 0.4) is 0 Å². The van der Waals surface area contributed by atoms with Crippen molar-refractivity contribution in [1.82, 2.24) is 0 Å². The van der Waals surface area contributed by atoms with Gasteiger partial charge in [0.05, 0.1) is 5.69 Å². The van der Waals surface area contributed by atoms with Gasteiger partial charge in [-0.2, -0.15) is 0 Å².